The lowest BCUT2D eigenvalue weighted by Gasteiger charge is -2.20. The van der Waals surface area contributed by atoms with Crippen molar-refractivity contribution in [3.8, 4) is 17.2 Å². The normalized spacial score (nSPS) is 13.8. The summed E-state index contributed by atoms with van der Waals surface area (Å²) in [6.45, 7) is 3.03. The molecule has 1 amide bonds. The number of aromatic nitrogens is 2. The van der Waals surface area contributed by atoms with Crippen molar-refractivity contribution < 1.29 is 14.3 Å². The molecule has 0 fully saturated rings. The highest BCUT2D eigenvalue weighted by atomic mass is 79.9. The second kappa shape index (κ2) is 8.06. The topological polar surface area (TPSA) is 65.4 Å². The van der Waals surface area contributed by atoms with E-state index in [4.69, 9.17) is 9.47 Å². The van der Waals surface area contributed by atoms with Gasteiger partial charge in [-0.15, -0.1) is 0 Å². The highest BCUT2D eigenvalue weighted by Gasteiger charge is 2.17. The highest BCUT2D eigenvalue weighted by Crippen LogP contribution is 2.35. The number of hydrogen-bond acceptors (Lipinski definition) is 4. The Hall–Kier alpha value is -2.80. The minimum Gasteiger partial charge on any atom is -0.486 e. The van der Waals surface area contributed by atoms with Crippen molar-refractivity contribution >= 4 is 21.8 Å². The fraction of sp³-hybridized carbons (Fsp3) is 0.238. The molecule has 1 atom stereocenters. The molecule has 0 bridgehead atoms. The van der Waals surface area contributed by atoms with E-state index in [0.29, 0.717) is 24.7 Å². The average Bonchev–Trinajstić information content (AvgIpc) is 3.23. The first kappa shape index (κ1) is 18.6. The van der Waals surface area contributed by atoms with Crippen LogP contribution in [0.1, 0.15) is 24.1 Å². The van der Waals surface area contributed by atoms with Crippen LogP contribution in [0.15, 0.2) is 59.6 Å². The summed E-state index contributed by atoms with van der Waals surface area (Å²) in [4.78, 5) is 16.6. The zero-order valence-electron chi connectivity index (χ0n) is 15.4. The molecule has 0 aliphatic carbocycles. The Balaban J connectivity index is 1.41. The predicted octanol–water partition coefficient (Wildman–Crippen LogP) is 3.83. The molecule has 0 saturated heterocycles. The summed E-state index contributed by atoms with van der Waals surface area (Å²) in [5.74, 6) is 1.33. The summed E-state index contributed by atoms with van der Waals surface area (Å²) < 4.78 is 13.9. The molecule has 0 radical (unpaired) electrons. The van der Waals surface area contributed by atoms with E-state index in [9.17, 15) is 4.79 Å². The van der Waals surface area contributed by atoms with E-state index in [1.807, 2.05) is 54.1 Å². The van der Waals surface area contributed by atoms with Crippen molar-refractivity contribution in [1.29, 1.82) is 0 Å². The van der Waals surface area contributed by atoms with E-state index in [1.54, 1.807) is 12.5 Å². The summed E-state index contributed by atoms with van der Waals surface area (Å²) in [7, 11) is 0. The highest BCUT2D eigenvalue weighted by molar-refractivity contribution is 9.10. The van der Waals surface area contributed by atoms with Gasteiger partial charge in [-0.25, -0.2) is 4.98 Å². The van der Waals surface area contributed by atoms with Crippen LogP contribution in [0.2, 0.25) is 0 Å². The number of ether oxygens (including phenoxy) is 2. The van der Waals surface area contributed by atoms with Gasteiger partial charge in [-0.1, -0.05) is 28.1 Å². The largest absolute Gasteiger partial charge is 0.486 e. The van der Waals surface area contributed by atoms with Crippen molar-refractivity contribution in [1.82, 2.24) is 14.9 Å². The molecular formula is C21H20BrN3O3. The first-order valence-corrected chi connectivity index (χ1v) is 9.85. The number of halogens is 1. The molecule has 144 valence electrons. The van der Waals surface area contributed by atoms with Gasteiger partial charge in [0.25, 0.3) is 0 Å². The third-order valence-corrected chi connectivity index (χ3v) is 5.37. The lowest BCUT2D eigenvalue weighted by Crippen LogP contribution is -2.28. The number of carbonyl (C=O) groups is 1. The smallest absolute Gasteiger partial charge is 0.224 e. The molecule has 1 aromatic heterocycles. The molecule has 1 N–H and O–H groups in total. The number of hydrogen-bond donors (Lipinski definition) is 1. The van der Waals surface area contributed by atoms with E-state index in [0.717, 1.165) is 21.3 Å². The summed E-state index contributed by atoms with van der Waals surface area (Å²) in [5.41, 5.74) is 2.93. The van der Waals surface area contributed by atoms with Crippen LogP contribution in [0.3, 0.4) is 0 Å². The molecule has 1 unspecified atom stereocenters. The Kier molecular flexibility index (Phi) is 5.34. The summed E-state index contributed by atoms with van der Waals surface area (Å²) in [5, 5.41) is 3.06. The molecule has 2 aromatic carbocycles. The maximum Gasteiger partial charge on any atom is 0.224 e. The van der Waals surface area contributed by atoms with E-state index in [-0.39, 0.29) is 18.4 Å². The molecule has 28 heavy (non-hydrogen) atoms. The van der Waals surface area contributed by atoms with E-state index < -0.39 is 0 Å². The van der Waals surface area contributed by atoms with Gasteiger partial charge in [0.1, 0.15) is 13.2 Å². The maximum absolute atomic E-state index is 12.6. The van der Waals surface area contributed by atoms with Crippen molar-refractivity contribution in [3.63, 3.8) is 0 Å². The molecule has 4 rings (SSSR count). The quantitative estimate of drug-likeness (QED) is 0.653. The standard InChI is InChI=1S/C21H20BrN3O3/c1-14(15-2-4-17(5-3-15)25-7-6-23-13-25)24-21(26)11-16-10-19-20(12-18(16)22)28-9-8-27-19/h2-7,10,12-14H,8-9,11H2,1H3,(H,24,26). The number of carbonyl (C=O) groups excluding carboxylic acids is 1. The predicted molar refractivity (Wildman–Crippen MR) is 109 cm³/mol. The Labute approximate surface area is 171 Å². The van der Waals surface area contributed by atoms with Gasteiger partial charge in [-0.2, -0.15) is 0 Å². The third-order valence-electron chi connectivity index (χ3n) is 4.64. The summed E-state index contributed by atoms with van der Waals surface area (Å²) in [6, 6.07) is 11.7. The van der Waals surface area contributed by atoms with Gasteiger partial charge in [-0.05, 0) is 42.3 Å². The van der Waals surface area contributed by atoms with Gasteiger partial charge in [0.15, 0.2) is 11.5 Å². The van der Waals surface area contributed by atoms with Crippen LogP contribution in [-0.4, -0.2) is 28.7 Å². The minimum atomic E-state index is -0.0969. The monoisotopic (exact) mass is 441 g/mol. The molecule has 6 nitrogen and oxygen atoms in total. The van der Waals surface area contributed by atoms with Gasteiger partial charge >= 0.3 is 0 Å². The first-order chi connectivity index (χ1) is 13.6. The molecule has 3 aromatic rings. The van der Waals surface area contributed by atoms with Crippen molar-refractivity contribution in [3.05, 3.63) is 70.7 Å². The number of nitrogens with zero attached hydrogens (tertiary/aromatic N) is 2. The van der Waals surface area contributed by atoms with Crippen LogP contribution in [0.25, 0.3) is 5.69 Å². The van der Waals surface area contributed by atoms with Gasteiger partial charge in [0.05, 0.1) is 18.8 Å². The maximum atomic E-state index is 12.6. The molecule has 1 aliphatic heterocycles. The fourth-order valence-corrected chi connectivity index (χ4v) is 3.60. The zero-order chi connectivity index (χ0) is 19.5. The Morgan fingerprint density at radius 2 is 1.93 bits per heavy atom. The number of nitrogens with one attached hydrogen (secondary N) is 1. The second-order valence-electron chi connectivity index (χ2n) is 6.61. The third kappa shape index (κ3) is 4.04. The van der Waals surface area contributed by atoms with E-state index in [1.165, 1.54) is 0 Å². The first-order valence-electron chi connectivity index (χ1n) is 9.06. The SMILES string of the molecule is CC(NC(=O)Cc1cc2c(cc1Br)OCCO2)c1ccc(-n2ccnc2)cc1. The number of benzene rings is 2. The van der Waals surface area contributed by atoms with Crippen molar-refractivity contribution in [2.45, 2.75) is 19.4 Å². The Morgan fingerprint density at radius 3 is 2.61 bits per heavy atom. The van der Waals surface area contributed by atoms with Crippen LogP contribution in [0, 0.1) is 0 Å². The molecule has 1 aliphatic rings. The van der Waals surface area contributed by atoms with Gasteiger partial charge in [0, 0.05) is 22.6 Å². The van der Waals surface area contributed by atoms with Crippen LogP contribution in [-0.2, 0) is 11.2 Å². The molecule has 2 heterocycles. The molecule has 7 heteroatoms. The number of amides is 1. The van der Waals surface area contributed by atoms with Crippen LogP contribution >= 0.6 is 15.9 Å². The average molecular weight is 442 g/mol. The molecule has 0 saturated carbocycles. The minimum absolute atomic E-state index is 0.0523. The van der Waals surface area contributed by atoms with Gasteiger partial charge in [0.2, 0.25) is 5.91 Å². The second-order valence-corrected chi connectivity index (χ2v) is 7.47. The van der Waals surface area contributed by atoms with Crippen molar-refractivity contribution in [2.24, 2.45) is 0 Å². The Morgan fingerprint density at radius 1 is 1.21 bits per heavy atom. The van der Waals surface area contributed by atoms with Gasteiger partial charge < -0.3 is 19.4 Å². The van der Waals surface area contributed by atoms with Crippen LogP contribution in [0.5, 0.6) is 11.5 Å². The van der Waals surface area contributed by atoms with Crippen LogP contribution < -0.4 is 14.8 Å². The van der Waals surface area contributed by atoms with Crippen molar-refractivity contribution in [2.75, 3.05) is 13.2 Å². The number of fused-ring (bicyclic) bond motifs is 1. The van der Waals surface area contributed by atoms with Crippen LogP contribution in [0.4, 0.5) is 0 Å². The summed E-state index contributed by atoms with van der Waals surface area (Å²) >= 11 is 3.52. The lowest BCUT2D eigenvalue weighted by atomic mass is 10.1. The molecule has 0 spiro atoms. The van der Waals surface area contributed by atoms with E-state index >= 15 is 0 Å². The van der Waals surface area contributed by atoms with E-state index in [2.05, 4.69) is 26.2 Å². The fourth-order valence-electron chi connectivity index (χ4n) is 3.14. The summed E-state index contributed by atoms with van der Waals surface area (Å²) in [6.07, 6.45) is 5.65. The zero-order valence-corrected chi connectivity index (χ0v) is 17.0. The molecular weight excluding hydrogens is 422 g/mol. The number of imidazole rings is 1. The van der Waals surface area contributed by atoms with Gasteiger partial charge in [-0.3, -0.25) is 4.79 Å². The number of rotatable bonds is 5. The lowest BCUT2D eigenvalue weighted by molar-refractivity contribution is -0.121. The Bertz CT molecular complexity index is 971.